The fourth-order valence-corrected chi connectivity index (χ4v) is 2.40. The van der Waals surface area contributed by atoms with Crippen molar-refractivity contribution in [1.82, 2.24) is 0 Å². The van der Waals surface area contributed by atoms with Crippen LogP contribution in [0.5, 0.6) is 5.75 Å². The van der Waals surface area contributed by atoms with Gasteiger partial charge in [-0.3, -0.25) is 0 Å². The van der Waals surface area contributed by atoms with Crippen LogP contribution in [0, 0.1) is 0 Å². The summed E-state index contributed by atoms with van der Waals surface area (Å²) in [6, 6.07) is 8.02. The van der Waals surface area contributed by atoms with Crippen LogP contribution in [-0.4, -0.2) is 12.6 Å². The Labute approximate surface area is 129 Å². The van der Waals surface area contributed by atoms with E-state index in [1.165, 1.54) is 51.0 Å². The zero-order valence-corrected chi connectivity index (χ0v) is 13.6. The monoisotopic (exact) mass is 293 g/mol. The Bertz CT molecular complexity index is 376. The second-order valence-electron chi connectivity index (χ2n) is 5.51. The molecule has 0 amide bonds. The lowest BCUT2D eigenvalue weighted by Gasteiger charge is -2.18. The topological polar surface area (TPSA) is 38.4 Å². The summed E-state index contributed by atoms with van der Waals surface area (Å²) in [5, 5.41) is 11.0. The number of para-hydroxylation sites is 1. The zero-order valence-electron chi connectivity index (χ0n) is 13.6. The molecule has 0 bridgehead atoms. The Balaban J connectivity index is 2.40. The fourth-order valence-electron chi connectivity index (χ4n) is 2.40. The molecule has 0 saturated carbocycles. The molecule has 2 atom stereocenters. The summed E-state index contributed by atoms with van der Waals surface area (Å²) in [5.41, 5.74) is 1.20. The van der Waals surface area contributed by atoms with E-state index in [0.29, 0.717) is 0 Å². The summed E-state index contributed by atoms with van der Waals surface area (Å²) in [6.45, 7) is 5.47. The third kappa shape index (κ3) is 8.08. The lowest BCUT2D eigenvalue weighted by molar-refractivity contribution is -0.204. The molecule has 1 rings (SSSR count). The van der Waals surface area contributed by atoms with Crippen LogP contribution in [0.2, 0.25) is 0 Å². The van der Waals surface area contributed by atoms with Crippen molar-refractivity contribution >= 4 is 0 Å². The van der Waals surface area contributed by atoms with Crippen molar-refractivity contribution in [3.05, 3.63) is 29.8 Å². The van der Waals surface area contributed by atoms with Crippen molar-refractivity contribution in [1.29, 1.82) is 0 Å². The molecule has 0 fully saturated rings. The van der Waals surface area contributed by atoms with Gasteiger partial charge >= 0.3 is 0 Å². The van der Waals surface area contributed by atoms with Crippen LogP contribution in [0.4, 0.5) is 0 Å². The van der Waals surface area contributed by atoms with Crippen LogP contribution < -0.4 is 4.74 Å². The smallest absolute Gasteiger partial charge is 0.199 e. The van der Waals surface area contributed by atoms with E-state index in [1.807, 2.05) is 18.2 Å². The molecule has 0 heterocycles. The highest BCUT2D eigenvalue weighted by Crippen LogP contribution is 2.22. The van der Waals surface area contributed by atoms with Gasteiger partial charge in [-0.2, -0.15) is 0 Å². The molecule has 0 aromatic heterocycles. The fraction of sp³-hybridized carbons (Fsp3) is 0.667. The van der Waals surface area contributed by atoms with Crippen molar-refractivity contribution < 1.29 is 14.6 Å². The maximum absolute atomic E-state index is 11.0. The third-order valence-electron chi connectivity index (χ3n) is 3.45. The molecule has 2 unspecified atom stereocenters. The number of unbranched alkanes of at least 4 members (excludes halogenated alkanes) is 5. The predicted octanol–water partition coefficient (Wildman–Crippen LogP) is 5.11. The Morgan fingerprint density at radius 1 is 1.00 bits per heavy atom. The third-order valence-corrected chi connectivity index (χ3v) is 3.45. The standard InChI is InChI=1S/C18H29O3/c1-4-5-6-7-8-9-12-17-13-10-11-14-18(17)21-16(3)20-15(2)19/h10-11,13-16H,4-9,12H2,1-3H3. The van der Waals surface area contributed by atoms with Gasteiger partial charge < -0.3 is 9.47 Å². The number of hydrogen-bond donors (Lipinski definition) is 0. The van der Waals surface area contributed by atoms with Gasteiger partial charge in [-0.05, 0) is 38.3 Å². The van der Waals surface area contributed by atoms with Crippen LogP contribution >= 0.6 is 0 Å². The largest absolute Gasteiger partial charge is 0.465 e. The van der Waals surface area contributed by atoms with Gasteiger partial charge in [-0.1, -0.05) is 57.2 Å². The molecular formula is C18H29O3. The second kappa shape index (κ2) is 10.6. The lowest BCUT2D eigenvalue weighted by Crippen LogP contribution is -2.21. The number of hydrogen-bond acceptors (Lipinski definition) is 2. The van der Waals surface area contributed by atoms with E-state index in [9.17, 15) is 5.11 Å². The molecule has 0 saturated heterocycles. The molecule has 0 aliphatic rings. The first-order valence-corrected chi connectivity index (χ1v) is 8.19. The van der Waals surface area contributed by atoms with Crippen LogP contribution in [0.1, 0.15) is 64.9 Å². The van der Waals surface area contributed by atoms with Crippen LogP contribution in [0.3, 0.4) is 0 Å². The number of rotatable bonds is 11. The summed E-state index contributed by atoms with van der Waals surface area (Å²) >= 11 is 0. The second-order valence-corrected chi connectivity index (χ2v) is 5.51. The molecule has 21 heavy (non-hydrogen) atoms. The molecular weight excluding hydrogens is 264 g/mol. The molecule has 0 aliphatic carbocycles. The number of benzene rings is 1. The molecule has 3 nitrogen and oxygen atoms in total. The highest BCUT2D eigenvalue weighted by Gasteiger charge is 2.10. The summed E-state index contributed by atoms with van der Waals surface area (Å²) < 4.78 is 10.8. The van der Waals surface area contributed by atoms with E-state index in [1.54, 1.807) is 6.92 Å². The Hall–Kier alpha value is -1.06. The quantitative estimate of drug-likeness (QED) is 0.420. The SMILES string of the molecule is CCCCCCCCc1ccccc1OC(C)OC(C)[O]. The van der Waals surface area contributed by atoms with Crippen LogP contribution in [-0.2, 0) is 16.3 Å². The lowest BCUT2D eigenvalue weighted by atomic mass is 10.0. The van der Waals surface area contributed by atoms with E-state index in [4.69, 9.17) is 9.47 Å². The molecule has 1 radical (unpaired) electrons. The minimum absolute atomic E-state index is 0.511. The van der Waals surface area contributed by atoms with Gasteiger partial charge in [0.05, 0.1) is 0 Å². The van der Waals surface area contributed by atoms with E-state index in [2.05, 4.69) is 13.0 Å². The first-order valence-electron chi connectivity index (χ1n) is 8.19. The summed E-state index contributed by atoms with van der Waals surface area (Å²) in [7, 11) is 0. The Kier molecular flexibility index (Phi) is 9.11. The van der Waals surface area contributed by atoms with Crippen molar-refractivity contribution in [2.45, 2.75) is 78.3 Å². The van der Waals surface area contributed by atoms with E-state index in [-0.39, 0.29) is 0 Å². The Morgan fingerprint density at radius 3 is 2.38 bits per heavy atom. The molecule has 0 aliphatic heterocycles. The maximum Gasteiger partial charge on any atom is 0.199 e. The number of aryl methyl sites for hydroxylation is 1. The van der Waals surface area contributed by atoms with Crippen molar-refractivity contribution in [2.75, 3.05) is 0 Å². The first kappa shape index (κ1) is 18.0. The Morgan fingerprint density at radius 2 is 1.67 bits per heavy atom. The highest BCUT2D eigenvalue weighted by atomic mass is 16.7. The zero-order chi connectivity index (χ0) is 15.5. The highest BCUT2D eigenvalue weighted by molar-refractivity contribution is 5.33. The molecule has 119 valence electrons. The van der Waals surface area contributed by atoms with E-state index >= 15 is 0 Å². The molecule has 0 spiro atoms. The van der Waals surface area contributed by atoms with Gasteiger partial charge in [0, 0.05) is 0 Å². The maximum atomic E-state index is 11.0. The van der Waals surface area contributed by atoms with Crippen molar-refractivity contribution in [3.63, 3.8) is 0 Å². The van der Waals surface area contributed by atoms with Crippen LogP contribution in [0.25, 0.3) is 0 Å². The van der Waals surface area contributed by atoms with Crippen molar-refractivity contribution in [2.24, 2.45) is 0 Å². The molecule has 1 aromatic rings. The van der Waals surface area contributed by atoms with E-state index in [0.717, 1.165) is 12.2 Å². The number of ether oxygens (including phenoxy) is 2. The average molecular weight is 293 g/mol. The minimum atomic E-state index is -1.06. The molecule has 1 aromatic carbocycles. The summed E-state index contributed by atoms with van der Waals surface area (Å²) in [6.07, 6.45) is 7.14. The molecule has 3 heteroatoms. The first-order chi connectivity index (χ1) is 10.1. The minimum Gasteiger partial charge on any atom is -0.465 e. The van der Waals surface area contributed by atoms with E-state index < -0.39 is 12.6 Å². The van der Waals surface area contributed by atoms with Gasteiger partial charge in [-0.25, -0.2) is 5.11 Å². The van der Waals surface area contributed by atoms with Gasteiger partial charge in [0.1, 0.15) is 5.75 Å². The molecule has 0 N–H and O–H groups in total. The van der Waals surface area contributed by atoms with Crippen molar-refractivity contribution in [3.8, 4) is 5.75 Å². The summed E-state index contributed by atoms with van der Waals surface area (Å²) in [5.74, 6) is 0.833. The average Bonchev–Trinajstić information content (AvgIpc) is 2.43. The van der Waals surface area contributed by atoms with Gasteiger partial charge in [-0.15, -0.1) is 0 Å². The van der Waals surface area contributed by atoms with Gasteiger partial charge in [0.15, 0.2) is 12.6 Å². The van der Waals surface area contributed by atoms with Gasteiger partial charge in [0.25, 0.3) is 0 Å². The normalized spacial score (nSPS) is 13.9. The summed E-state index contributed by atoms with van der Waals surface area (Å²) in [4.78, 5) is 0. The predicted molar refractivity (Wildman–Crippen MR) is 84.8 cm³/mol. The van der Waals surface area contributed by atoms with Gasteiger partial charge in [0.2, 0.25) is 0 Å². The van der Waals surface area contributed by atoms with Crippen LogP contribution in [0.15, 0.2) is 24.3 Å².